The van der Waals surface area contributed by atoms with E-state index >= 15 is 0 Å². The lowest BCUT2D eigenvalue weighted by Gasteiger charge is -2.25. The topological polar surface area (TPSA) is 98.6 Å². The van der Waals surface area contributed by atoms with Crippen molar-refractivity contribution in [1.82, 2.24) is 24.3 Å². The fraction of sp³-hybridized carbons (Fsp3) is 0.185. The number of benzene rings is 2. The van der Waals surface area contributed by atoms with E-state index in [1.807, 2.05) is 35.6 Å². The monoisotopic (exact) mass is 482 g/mol. The van der Waals surface area contributed by atoms with Crippen LogP contribution < -0.4 is 5.73 Å². The first kappa shape index (κ1) is 22.1. The fourth-order valence-corrected chi connectivity index (χ4v) is 4.62. The standard InChI is InChI=1S/C27H23FN6O2/c1-16-8-9-30-21-7-4-18(14-20(16)21)24-23(17-2-5-19(28)6-3-17)32-25(29)26-31-22(15-34(24)26)27(35)33-10-12-36-13-11-33/h2-9,14-15H,10-13H2,1H3,(H2,29,32). The summed E-state index contributed by atoms with van der Waals surface area (Å²) >= 11 is 0. The number of nitrogen functional groups attached to an aromatic ring is 1. The molecular formula is C27H23FN6O2. The zero-order valence-electron chi connectivity index (χ0n) is 19.6. The van der Waals surface area contributed by atoms with Crippen LogP contribution in [0.5, 0.6) is 0 Å². The number of hydrogen-bond acceptors (Lipinski definition) is 6. The summed E-state index contributed by atoms with van der Waals surface area (Å²) in [5, 5.41) is 0.995. The minimum absolute atomic E-state index is 0.178. The van der Waals surface area contributed by atoms with Gasteiger partial charge in [0.2, 0.25) is 0 Å². The molecule has 36 heavy (non-hydrogen) atoms. The van der Waals surface area contributed by atoms with Crippen LogP contribution >= 0.6 is 0 Å². The first-order chi connectivity index (χ1) is 17.5. The first-order valence-electron chi connectivity index (χ1n) is 11.7. The van der Waals surface area contributed by atoms with Crippen molar-refractivity contribution in [1.29, 1.82) is 0 Å². The molecule has 5 aromatic rings. The van der Waals surface area contributed by atoms with Crippen LogP contribution in [0.2, 0.25) is 0 Å². The Labute approximate surface area is 206 Å². The maximum absolute atomic E-state index is 13.7. The number of hydrogen-bond donors (Lipinski definition) is 1. The minimum atomic E-state index is -0.345. The predicted molar refractivity (Wildman–Crippen MR) is 135 cm³/mol. The van der Waals surface area contributed by atoms with Crippen molar-refractivity contribution < 1.29 is 13.9 Å². The van der Waals surface area contributed by atoms with Crippen molar-refractivity contribution in [2.75, 3.05) is 32.0 Å². The van der Waals surface area contributed by atoms with Crippen LogP contribution in [0.25, 0.3) is 39.1 Å². The van der Waals surface area contributed by atoms with Crippen LogP contribution in [0.4, 0.5) is 10.2 Å². The summed E-state index contributed by atoms with van der Waals surface area (Å²) in [7, 11) is 0. The van der Waals surface area contributed by atoms with Gasteiger partial charge in [-0.1, -0.05) is 6.07 Å². The number of nitrogens with two attached hydrogens (primary N) is 1. The molecule has 1 fully saturated rings. The van der Waals surface area contributed by atoms with E-state index in [1.165, 1.54) is 12.1 Å². The number of fused-ring (bicyclic) bond motifs is 2. The molecule has 6 rings (SSSR count). The molecule has 1 aliphatic rings. The molecule has 0 aliphatic carbocycles. The van der Waals surface area contributed by atoms with Gasteiger partial charge in [-0.25, -0.2) is 14.4 Å². The number of carbonyl (C=O) groups excluding carboxylic acids is 1. The number of pyridine rings is 1. The van der Waals surface area contributed by atoms with Crippen molar-refractivity contribution in [3.05, 3.63) is 78.0 Å². The SMILES string of the molecule is Cc1ccnc2ccc(-c3c(-c4ccc(F)cc4)nc(N)c4nc(C(=O)N5CCOCC5)cn34)cc12. The maximum Gasteiger partial charge on any atom is 0.274 e. The van der Waals surface area contributed by atoms with Crippen molar-refractivity contribution >= 4 is 28.3 Å². The molecule has 1 amide bonds. The fourth-order valence-electron chi connectivity index (χ4n) is 4.62. The zero-order chi connectivity index (χ0) is 24.8. The van der Waals surface area contributed by atoms with E-state index in [4.69, 9.17) is 10.5 Å². The summed E-state index contributed by atoms with van der Waals surface area (Å²) in [6.45, 7) is 4.03. The van der Waals surface area contributed by atoms with Gasteiger partial charge in [0.25, 0.3) is 5.91 Å². The van der Waals surface area contributed by atoms with Crippen molar-refractivity contribution in [2.24, 2.45) is 0 Å². The third-order valence-electron chi connectivity index (χ3n) is 6.50. The zero-order valence-corrected chi connectivity index (χ0v) is 19.6. The number of amides is 1. The van der Waals surface area contributed by atoms with Gasteiger partial charge in [-0.15, -0.1) is 0 Å². The number of aryl methyl sites for hydroxylation is 1. The third kappa shape index (κ3) is 3.74. The second-order valence-corrected chi connectivity index (χ2v) is 8.79. The molecule has 0 bridgehead atoms. The molecule has 0 spiro atoms. The summed E-state index contributed by atoms with van der Waals surface area (Å²) in [6.07, 6.45) is 3.48. The highest BCUT2D eigenvalue weighted by molar-refractivity contribution is 5.95. The van der Waals surface area contributed by atoms with Gasteiger partial charge in [0.15, 0.2) is 11.5 Å². The second-order valence-electron chi connectivity index (χ2n) is 8.79. The second kappa shape index (κ2) is 8.69. The third-order valence-corrected chi connectivity index (χ3v) is 6.50. The van der Waals surface area contributed by atoms with E-state index in [9.17, 15) is 9.18 Å². The number of imidazole rings is 1. The maximum atomic E-state index is 13.7. The molecule has 9 heteroatoms. The number of morpholine rings is 1. The Morgan fingerprint density at radius 3 is 2.56 bits per heavy atom. The highest BCUT2D eigenvalue weighted by atomic mass is 19.1. The Morgan fingerprint density at radius 1 is 1.03 bits per heavy atom. The summed E-state index contributed by atoms with van der Waals surface area (Å²) in [5.41, 5.74) is 11.8. The van der Waals surface area contributed by atoms with Crippen LogP contribution in [0.15, 0.2) is 60.9 Å². The largest absolute Gasteiger partial charge is 0.381 e. The van der Waals surface area contributed by atoms with Crippen LogP contribution in [0, 0.1) is 12.7 Å². The van der Waals surface area contributed by atoms with Crippen molar-refractivity contribution in [3.63, 3.8) is 0 Å². The van der Waals surface area contributed by atoms with E-state index in [2.05, 4.69) is 15.0 Å². The highest BCUT2D eigenvalue weighted by Crippen LogP contribution is 2.35. The number of ether oxygens (including phenoxy) is 1. The van der Waals surface area contributed by atoms with Gasteiger partial charge in [-0.2, -0.15) is 0 Å². The molecule has 0 unspecified atom stereocenters. The molecule has 8 nitrogen and oxygen atoms in total. The van der Waals surface area contributed by atoms with Crippen molar-refractivity contribution in [2.45, 2.75) is 6.92 Å². The molecule has 1 aliphatic heterocycles. The van der Waals surface area contributed by atoms with Gasteiger partial charge in [0.1, 0.15) is 11.5 Å². The first-order valence-corrected chi connectivity index (χ1v) is 11.7. The number of carbonyl (C=O) groups is 1. The molecule has 0 atom stereocenters. The van der Waals surface area contributed by atoms with Crippen molar-refractivity contribution in [3.8, 4) is 22.5 Å². The summed E-state index contributed by atoms with van der Waals surface area (Å²) in [5.74, 6) is -0.352. The van der Waals surface area contributed by atoms with Gasteiger partial charge >= 0.3 is 0 Å². The molecule has 180 valence electrons. The molecule has 2 N–H and O–H groups in total. The summed E-state index contributed by atoms with van der Waals surface area (Å²) in [6, 6.07) is 14.0. The minimum Gasteiger partial charge on any atom is -0.381 e. The van der Waals surface area contributed by atoms with Gasteiger partial charge in [0, 0.05) is 42.0 Å². The lowest BCUT2D eigenvalue weighted by molar-refractivity contribution is 0.0299. The Hall–Kier alpha value is -4.37. The molecule has 3 aromatic heterocycles. The Morgan fingerprint density at radius 2 is 1.78 bits per heavy atom. The number of halogens is 1. The van der Waals surface area contributed by atoms with Crippen LogP contribution in [-0.4, -0.2) is 56.5 Å². The summed E-state index contributed by atoms with van der Waals surface area (Å²) < 4.78 is 20.9. The lowest BCUT2D eigenvalue weighted by Crippen LogP contribution is -2.40. The average Bonchev–Trinajstić information content (AvgIpc) is 3.35. The number of aromatic nitrogens is 4. The molecule has 2 aromatic carbocycles. The lowest BCUT2D eigenvalue weighted by atomic mass is 10.0. The van der Waals surface area contributed by atoms with Crippen LogP contribution in [0.3, 0.4) is 0 Å². The molecular weight excluding hydrogens is 459 g/mol. The van der Waals surface area contributed by atoms with E-state index in [0.717, 1.165) is 22.0 Å². The average molecular weight is 483 g/mol. The van der Waals surface area contributed by atoms with E-state index in [-0.39, 0.29) is 23.2 Å². The van der Waals surface area contributed by atoms with E-state index in [0.29, 0.717) is 48.9 Å². The predicted octanol–water partition coefficient (Wildman–Crippen LogP) is 4.11. The van der Waals surface area contributed by atoms with E-state index < -0.39 is 0 Å². The quantitative estimate of drug-likeness (QED) is 0.416. The Bertz CT molecular complexity index is 1620. The van der Waals surface area contributed by atoms with Gasteiger partial charge in [-0.05, 0) is 55.0 Å². The molecule has 1 saturated heterocycles. The Balaban J connectivity index is 1.61. The van der Waals surface area contributed by atoms with Gasteiger partial charge in [0.05, 0.1) is 30.1 Å². The molecule has 0 saturated carbocycles. The number of nitrogens with zero attached hydrogens (tertiary/aromatic N) is 5. The summed E-state index contributed by atoms with van der Waals surface area (Å²) in [4.78, 5) is 28.7. The number of rotatable bonds is 3. The van der Waals surface area contributed by atoms with Gasteiger partial charge in [-0.3, -0.25) is 14.2 Å². The smallest absolute Gasteiger partial charge is 0.274 e. The Kier molecular flexibility index (Phi) is 5.34. The normalized spacial score (nSPS) is 14.0. The van der Waals surface area contributed by atoms with Crippen LogP contribution in [0.1, 0.15) is 16.1 Å². The van der Waals surface area contributed by atoms with Gasteiger partial charge < -0.3 is 15.4 Å². The molecule has 0 radical (unpaired) electrons. The highest BCUT2D eigenvalue weighted by Gasteiger charge is 2.24. The van der Waals surface area contributed by atoms with Crippen LogP contribution in [-0.2, 0) is 4.74 Å². The molecule has 4 heterocycles. The number of anilines is 1. The van der Waals surface area contributed by atoms with E-state index in [1.54, 1.807) is 29.4 Å².